The van der Waals surface area contributed by atoms with Gasteiger partial charge >= 0.3 is 5.97 Å². The Hall–Kier alpha value is -1.40. The number of piperidine rings is 1. The number of cyclic esters (lactones) is 1. The number of hydrogen-bond acceptors (Lipinski definition) is 10. The number of rotatable bonds is 7. The lowest BCUT2D eigenvalue weighted by Crippen LogP contribution is -2.69. The van der Waals surface area contributed by atoms with E-state index in [0.717, 1.165) is 57.3 Å². The molecule has 3 aliphatic heterocycles. The molecule has 0 aromatic heterocycles. The number of carbonyl (C=O) groups is 1. The van der Waals surface area contributed by atoms with E-state index < -0.39 is 41.2 Å². The number of aliphatic hydroxyl groups excluding tert-OH is 2. The fourth-order valence-electron chi connectivity index (χ4n) is 11.4. The zero-order valence-corrected chi connectivity index (χ0v) is 27.8. The second-order valence-corrected chi connectivity index (χ2v) is 16.1. The van der Waals surface area contributed by atoms with Crippen LogP contribution >= 0.6 is 0 Å². The number of likely N-dealkylation sites (tertiary alicyclic amines) is 1. The minimum atomic E-state index is -1.04. The zero-order valence-electron chi connectivity index (χ0n) is 27.8. The number of hydrogen-bond donors (Lipinski definition) is 4. The smallest absolute Gasteiger partial charge is 0.331 e. The van der Waals surface area contributed by atoms with E-state index >= 15 is 0 Å². The summed E-state index contributed by atoms with van der Waals surface area (Å²) < 4.78 is 17.6. The molecule has 0 aromatic rings. The molecule has 10 heteroatoms. The summed E-state index contributed by atoms with van der Waals surface area (Å²) >= 11 is 0. The minimum absolute atomic E-state index is 0.0281. The first kappa shape index (κ1) is 33.1. The summed E-state index contributed by atoms with van der Waals surface area (Å²) in [5.41, 5.74) is -1.83. The Morgan fingerprint density at radius 2 is 1.83 bits per heavy atom. The lowest BCUT2D eigenvalue weighted by Gasteiger charge is -2.66. The number of fused-ring (bicyclic) bond motifs is 5. The number of aliphatic hydroxyl groups is 4. The monoisotopic (exact) mass is 644 g/mol. The highest BCUT2D eigenvalue weighted by molar-refractivity contribution is 5.85. The van der Waals surface area contributed by atoms with Gasteiger partial charge in [-0.15, -0.1) is 0 Å². The largest absolute Gasteiger partial charge is 0.458 e. The van der Waals surface area contributed by atoms with Gasteiger partial charge in [-0.3, -0.25) is 4.99 Å². The molecule has 2 saturated heterocycles. The van der Waals surface area contributed by atoms with Crippen LogP contribution < -0.4 is 0 Å². The molecule has 0 unspecified atom stereocenters. The molecule has 0 aromatic carbocycles. The number of esters is 1. The molecule has 4 N–H and O–H groups in total. The Morgan fingerprint density at radius 3 is 2.57 bits per heavy atom. The van der Waals surface area contributed by atoms with Crippen molar-refractivity contribution in [2.24, 2.45) is 33.6 Å². The molecule has 4 saturated carbocycles. The minimum Gasteiger partial charge on any atom is -0.458 e. The van der Waals surface area contributed by atoms with E-state index in [-0.39, 0.29) is 41.7 Å². The van der Waals surface area contributed by atoms with Crippen LogP contribution in [0.3, 0.4) is 0 Å². The van der Waals surface area contributed by atoms with Gasteiger partial charge in [-0.1, -0.05) is 13.3 Å². The quantitative estimate of drug-likeness (QED) is 0.187. The van der Waals surface area contributed by atoms with Gasteiger partial charge < -0.3 is 39.5 Å². The van der Waals surface area contributed by atoms with E-state index in [1.54, 1.807) is 13.0 Å². The fraction of sp³-hybridized carbons (Fsp3) is 0.889. The molecule has 4 aliphatic carbocycles. The van der Waals surface area contributed by atoms with Gasteiger partial charge in [0.2, 0.25) is 0 Å². The van der Waals surface area contributed by atoms with Crippen molar-refractivity contribution >= 4 is 12.2 Å². The van der Waals surface area contributed by atoms with Crippen LogP contribution in [-0.4, -0.2) is 112 Å². The summed E-state index contributed by atoms with van der Waals surface area (Å²) in [4.78, 5) is 19.6. The van der Waals surface area contributed by atoms with Gasteiger partial charge in [0.05, 0.1) is 36.1 Å². The molecule has 7 aliphatic rings. The Bertz CT molecular complexity index is 1190. The molecule has 7 rings (SSSR count). The molecular weight excluding hydrogens is 588 g/mol. The number of aliphatic imine (C=N–C) groups is 1. The van der Waals surface area contributed by atoms with Gasteiger partial charge in [-0.25, -0.2) is 4.79 Å². The van der Waals surface area contributed by atoms with Crippen LogP contribution in [0.5, 0.6) is 0 Å². The summed E-state index contributed by atoms with van der Waals surface area (Å²) in [5, 5.41) is 46.0. The molecule has 10 nitrogen and oxygen atoms in total. The molecule has 3 heterocycles. The van der Waals surface area contributed by atoms with Gasteiger partial charge in [-0.2, -0.15) is 0 Å². The van der Waals surface area contributed by atoms with Crippen LogP contribution in [-0.2, 0) is 19.0 Å². The first-order valence-electron chi connectivity index (χ1n) is 18.2. The van der Waals surface area contributed by atoms with Gasteiger partial charge in [0.15, 0.2) is 6.29 Å². The Kier molecular flexibility index (Phi) is 8.99. The van der Waals surface area contributed by atoms with Crippen LogP contribution in [0.2, 0.25) is 0 Å². The maximum atomic E-state index is 12.8. The van der Waals surface area contributed by atoms with Crippen molar-refractivity contribution in [1.82, 2.24) is 4.90 Å². The van der Waals surface area contributed by atoms with Gasteiger partial charge in [0.25, 0.3) is 0 Å². The molecular formula is C36H56N2O8. The number of carbonyl (C=O) groups excluding carboxylic acids is 1. The van der Waals surface area contributed by atoms with E-state index in [4.69, 9.17) is 19.2 Å². The Balaban J connectivity index is 1.14. The lowest BCUT2D eigenvalue weighted by atomic mass is 9.41. The van der Waals surface area contributed by atoms with Crippen LogP contribution in [0.15, 0.2) is 16.6 Å². The van der Waals surface area contributed by atoms with Crippen molar-refractivity contribution in [3.63, 3.8) is 0 Å². The summed E-state index contributed by atoms with van der Waals surface area (Å²) in [5.74, 6) is -0.0415. The number of ether oxygens (including phenoxy) is 3. The van der Waals surface area contributed by atoms with Crippen molar-refractivity contribution in [3.8, 4) is 0 Å². The zero-order chi connectivity index (χ0) is 32.3. The summed E-state index contributed by atoms with van der Waals surface area (Å²) in [7, 11) is 0. The normalized spacial score (nSPS) is 49.7. The first-order chi connectivity index (χ1) is 22.0. The molecule has 258 valence electrons. The van der Waals surface area contributed by atoms with E-state index in [9.17, 15) is 25.2 Å². The van der Waals surface area contributed by atoms with Gasteiger partial charge in [0, 0.05) is 42.5 Å². The third-order valence-corrected chi connectivity index (χ3v) is 14.0. The molecule has 0 amide bonds. The molecule has 46 heavy (non-hydrogen) atoms. The van der Waals surface area contributed by atoms with Gasteiger partial charge in [-0.05, 0) is 108 Å². The lowest BCUT2D eigenvalue weighted by molar-refractivity contribution is -0.282. The highest BCUT2D eigenvalue weighted by Crippen LogP contribution is 2.70. The second-order valence-electron chi connectivity index (χ2n) is 16.1. The van der Waals surface area contributed by atoms with Crippen molar-refractivity contribution < 1.29 is 39.4 Å². The molecule has 6 fully saturated rings. The molecule has 0 bridgehead atoms. The van der Waals surface area contributed by atoms with E-state index in [1.165, 1.54) is 19.3 Å². The topological polar surface area (TPSA) is 141 Å². The van der Waals surface area contributed by atoms with Crippen LogP contribution in [0, 0.1) is 28.6 Å². The summed E-state index contributed by atoms with van der Waals surface area (Å²) in [6.07, 6.45) is 11.0. The average Bonchev–Trinajstić information content (AvgIpc) is 3.58. The standard InChI is InChI=1S/C36H56N2O8/c1-23-32(41)29(39)19-31(45-23)46-25-6-11-34(22-37-14-17-38-15-4-3-5-16-38)27-7-10-33(2)26(24-18-30(40)44-21-24)9-13-36(33,43)28(27)8-12-35(34,42)20-25/h18,22-23,25-29,31-32,39,41-43H,3-17,19-21H2,1-2H3/t23-,25-,26+,27-,28+,29-,31+,32-,33+,34-,35-,36-/m0/s1. The summed E-state index contributed by atoms with van der Waals surface area (Å²) in [6, 6.07) is 0. The predicted molar refractivity (Wildman–Crippen MR) is 171 cm³/mol. The van der Waals surface area contributed by atoms with E-state index in [0.29, 0.717) is 38.8 Å². The van der Waals surface area contributed by atoms with Gasteiger partial charge in [0.1, 0.15) is 12.7 Å². The van der Waals surface area contributed by atoms with Crippen LogP contribution in [0.1, 0.15) is 97.3 Å². The highest BCUT2D eigenvalue weighted by atomic mass is 16.7. The maximum absolute atomic E-state index is 12.8. The van der Waals surface area contributed by atoms with Crippen molar-refractivity contribution in [2.75, 3.05) is 32.8 Å². The van der Waals surface area contributed by atoms with Crippen molar-refractivity contribution in [2.45, 2.75) is 139 Å². The first-order valence-corrected chi connectivity index (χ1v) is 18.2. The van der Waals surface area contributed by atoms with E-state index in [2.05, 4.69) is 18.0 Å². The molecule has 0 spiro atoms. The third kappa shape index (κ3) is 5.42. The fourth-order valence-corrected chi connectivity index (χ4v) is 11.4. The van der Waals surface area contributed by atoms with Crippen molar-refractivity contribution in [3.05, 3.63) is 11.6 Å². The second kappa shape index (κ2) is 12.5. The van der Waals surface area contributed by atoms with E-state index in [1.807, 2.05) is 0 Å². The maximum Gasteiger partial charge on any atom is 0.331 e. The van der Waals surface area contributed by atoms with Crippen LogP contribution in [0.4, 0.5) is 0 Å². The highest BCUT2D eigenvalue weighted by Gasteiger charge is 2.71. The average molecular weight is 645 g/mol. The predicted octanol–water partition coefficient (Wildman–Crippen LogP) is 3.14. The number of nitrogens with zero attached hydrogens (tertiary/aromatic N) is 2. The SMILES string of the molecule is C[C@@H]1O[C@H](O[C@H]2CC[C@]3(C=NCCN4CCCCC4)[C@H]4CC[C@]5(C)[C@@H](C6=CC(=O)OC6)CC[C@]5(O)[C@@H]4CC[C@]3(O)C2)C[C@H](O)[C@H]1O. The van der Waals surface area contributed by atoms with Crippen molar-refractivity contribution in [1.29, 1.82) is 0 Å². The molecule has 0 radical (unpaired) electrons. The molecule has 12 atom stereocenters. The summed E-state index contributed by atoms with van der Waals surface area (Å²) in [6.45, 7) is 8.19. The Labute approximate surface area is 273 Å². The third-order valence-electron chi connectivity index (χ3n) is 14.0. The Morgan fingerprint density at radius 1 is 1.04 bits per heavy atom. The van der Waals surface area contributed by atoms with Crippen LogP contribution in [0.25, 0.3) is 0 Å².